The first-order valence-electron chi connectivity index (χ1n) is 8.26. The second-order valence-electron chi connectivity index (χ2n) is 6.40. The van der Waals surface area contributed by atoms with E-state index in [1.807, 2.05) is 0 Å². The molecule has 1 fully saturated rings. The number of nitro benzene ring substituents is 1. The Morgan fingerprint density at radius 2 is 2.04 bits per heavy atom. The van der Waals surface area contributed by atoms with Crippen LogP contribution in [-0.4, -0.2) is 45.6 Å². The standard InChI is InChI=1S/C17H20N4O5/c1-9-7-10(2)15(21(23)24)11(3)14(9)17(22)20-5-6-25-13(8-20)16-18-12(4)26-19-16/h7,13H,5-6,8H2,1-4H3. The SMILES string of the molecule is Cc1nc(C2CN(C(=O)c3c(C)cc(C)c([N+](=O)[O-])c3C)CCO2)no1. The van der Waals surface area contributed by atoms with Crippen molar-refractivity contribution in [2.45, 2.75) is 33.8 Å². The van der Waals surface area contributed by atoms with E-state index < -0.39 is 11.0 Å². The van der Waals surface area contributed by atoms with Crippen LogP contribution in [0.15, 0.2) is 10.6 Å². The maximum atomic E-state index is 13.1. The van der Waals surface area contributed by atoms with Gasteiger partial charge in [-0.25, -0.2) is 0 Å². The number of benzene rings is 1. The first-order valence-corrected chi connectivity index (χ1v) is 8.26. The summed E-state index contributed by atoms with van der Waals surface area (Å²) >= 11 is 0. The third kappa shape index (κ3) is 3.17. The largest absolute Gasteiger partial charge is 0.366 e. The van der Waals surface area contributed by atoms with Crippen molar-refractivity contribution < 1.29 is 19.0 Å². The minimum absolute atomic E-state index is 0.0162. The number of aryl methyl sites for hydroxylation is 3. The molecule has 1 aliphatic heterocycles. The van der Waals surface area contributed by atoms with Crippen molar-refractivity contribution in [1.82, 2.24) is 15.0 Å². The Hall–Kier alpha value is -2.81. The van der Waals surface area contributed by atoms with Crippen LogP contribution in [0.4, 0.5) is 5.69 Å². The number of hydrogen-bond donors (Lipinski definition) is 0. The molecule has 138 valence electrons. The van der Waals surface area contributed by atoms with E-state index in [4.69, 9.17) is 9.26 Å². The molecule has 1 unspecified atom stereocenters. The lowest BCUT2D eigenvalue weighted by Gasteiger charge is -2.32. The van der Waals surface area contributed by atoms with E-state index in [9.17, 15) is 14.9 Å². The Labute approximate surface area is 150 Å². The van der Waals surface area contributed by atoms with Gasteiger partial charge in [-0.3, -0.25) is 14.9 Å². The average molecular weight is 360 g/mol. The highest BCUT2D eigenvalue weighted by Gasteiger charge is 2.32. The van der Waals surface area contributed by atoms with E-state index in [2.05, 4.69) is 10.1 Å². The van der Waals surface area contributed by atoms with Gasteiger partial charge in [-0.2, -0.15) is 4.98 Å². The lowest BCUT2D eigenvalue weighted by atomic mass is 9.96. The van der Waals surface area contributed by atoms with Gasteiger partial charge in [-0.15, -0.1) is 0 Å². The zero-order valence-corrected chi connectivity index (χ0v) is 15.1. The van der Waals surface area contributed by atoms with Gasteiger partial charge in [0.15, 0.2) is 0 Å². The molecule has 1 saturated heterocycles. The average Bonchev–Trinajstić information content (AvgIpc) is 3.00. The van der Waals surface area contributed by atoms with Crippen molar-refractivity contribution in [1.29, 1.82) is 0 Å². The molecule has 0 spiro atoms. The number of morpholine rings is 1. The molecule has 1 aliphatic rings. The molecule has 0 radical (unpaired) electrons. The van der Waals surface area contributed by atoms with E-state index in [1.165, 1.54) is 0 Å². The van der Waals surface area contributed by atoms with Crippen LogP contribution in [0, 0.1) is 37.8 Å². The summed E-state index contributed by atoms with van der Waals surface area (Å²) in [5, 5.41) is 15.2. The fourth-order valence-corrected chi connectivity index (χ4v) is 3.38. The normalized spacial score (nSPS) is 17.4. The molecule has 1 atom stereocenters. The van der Waals surface area contributed by atoms with E-state index in [1.54, 1.807) is 38.7 Å². The topological polar surface area (TPSA) is 112 Å². The summed E-state index contributed by atoms with van der Waals surface area (Å²) in [5.74, 6) is 0.563. The number of amides is 1. The molecule has 0 N–H and O–H groups in total. The summed E-state index contributed by atoms with van der Waals surface area (Å²) in [7, 11) is 0. The Morgan fingerprint density at radius 3 is 2.65 bits per heavy atom. The highest BCUT2D eigenvalue weighted by atomic mass is 16.6. The fraction of sp³-hybridized carbons (Fsp3) is 0.471. The van der Waals surface area contributed by atoms with Gasteiger partial charge < -0.3 is 14.2 Å². The molecule has 2 heterocycles. The van der Waals surface area contributed by atoms with Crippen molar-refractivity contribution in [2.24, 2.45) is 0 Å². The molecule has 3 rings (SSSR count). The van der Waals surface area contributed by atoms with E-state index in [0.29, 0.717) is 47.1 Å². The molecular weight excluding hydrogens is 340 g/mol. The molecule has 1 amide bonds. The van der Waals surface area contributed by atoms with Crippen molar-refractivity contribution in [3.63, 3.8) is 0 Å². The molecule has 0 saturated carbocycles. The number of carbonyl (C=O) groups excluding carboxylic acids is 1. The van der Waals surface area contributed by atoms with Crippen LogP contribution in [0.25, 0.3) is 0 Å². The maximum absolute atomic E-state index is 13.1. The van der Waals surface area contributed by atoms with Crippen LogP contribution in [0.5, 0.6) is 0 Å². The van der Waals surface area contributed by atoms with Crippen molar-refractivity contribution in [3.8, 4) is 0 Å². The minimum Gasteiger partial charge on any atom is -0.366 e. The van der Waals surface area contributed by atoms with E-state index >= 15 is 0 Å². The molecule has 9 heteroatoms. The zero-order valence-electron chi connectivity index (χ0n) is 15.1. The Bertz CT molecular complexity index is 876. The van der Waals surface area contributed by atoms with Crippen LogP contribution < -0.4 is 0 Å². The van der Waals surface area contributed by atoms with Crippen molar-refractivity contribution in [2.75, 3.05) is 19.7 Å². The summed E-state index contributed by atoms with van der Waals surface area (Å²) in [6.07, 6.45) is -0.480. The first kappa shape index (κ1) is 18.0. The zero-order chi connectivity index (χ0) is 19.0. The van der Waals surface area contributed by atoms with Gasteiger partial charge in [-0.05, 0) is 32.4 Å². The van der Waals surface area contributed by atoms with Crippen LogP contribution >= 0.6 is 0 Å². The number of nitro groups is 1. The fourth-order valence-electron chi connectivity index (χ4n) is 3.38. The van der Waals surface area contributed by atoms with E-state index in [0.717, 1.165) is 0 Å². The molecule has 0 bridgehead atoms. The van der Waals surface area contributed by atoms with Gasteiger partial charge in [0.25, 0.3) is 11.6 Å². The monoisotopic (exact) mass is 360 g/mol. The van der Waals surface area contributed by atoms with E-state index in [-0.39, 0.29) is 18.1 Å². The number of aromatic nitrogens is 2. The highest BCUT2D eigenvalue weighted by Crippen LogP contribution is 2.30. The van der Waals surface area contributed by atoms with Gasteiger partial charge in [0, 0.05) is 24.6 Å². The molecule has 26 heavy (non-hydrogen) atoms. The third-order valence-corrected chi connectivity index (χ3v) is 4.51. The summed E-state index contributed by atoms with van der Waals surface area (Å²) in [5.41, 5.74) is 2.00. The van der Waals surface area contributed by atoms with Crippen LogP contribution in [0.2, 0.25) is 0 Å². The maximum Gasteiger partial charge on any atom is 0.275 e. The smallest absolute Gasteiger partial charge is 0.275 e. The number of rotatable bonds is 3. The Morgan fingerprint density at radius 1 is 1.31 bits per heavy atom. The van der Waals surface area contributed by atoms with Gasteiger partial charge in [0.1, 0.15) is 6.10 Å². The molecular formula is C17H20N4O5. The number of nitrogens with zero attached hydrogens (tertiary/aromatic N) is 4. The van der Waals surface area contributed by atoms with Crippen LogP contribution in [-0.2, 0) is 4.74 Å². The summed E-state index contributed by atoms with van der Waals surface area (Å²) in [6, 6.07) is 1.68. The first-order chi connectivity index (χ1) is 12.3. The summed E-state index contributed by atoms with van der Waals surface area (Å²) < 4.78 is 10.6. The van der Waals surface area contributed by atoms with Crippen molar-refractivity contribution >= 4 is 11.6 Å². The lowest BCUT2D eigenvalue weighted by Crippen LogP contribution is -2.43. The molecule has 0 aliphatic carbocycles. The second kappa shape index (κ2) is 6.83. The Balaban J connectivity index is 1.92. The molecule has 9 nitrogen and oxygen atoms in total. The number of carbonyl (C=O) groups is 1. The summed E-state index contributed by atoms with van der Waals surface area (Å²) in [4.78, 5) is 29.8. The highest BCUT2D eigenvalue weighted by molar-refractivity contribution is 5.98. The number of hydrogen-bond acceptors (Lipinski definition) is 7. The summed E-state index contributed by atoms with van der Waals surface area (Å²) in [6.45, 7) is 7.75. The van der Waals surface area contributed by atoms with Gasteiger partial charge in [0.05, 0.1) is 23.6 Å². The van der Waals surface area contributed by atoms with Crippen LogP contribution in [0.3, 0.4) is 0 Å². The quantitative estimate of drug-likeness (QED) is 0.610. The minimum atomic E-state index is -0.480. The molecule has 1 aromatic heterocycles. The Kier molecular flexibility index (Phi) is 4.73. The van der Waals surface area contributed by atoms with Crippen LogP contribution in [0.1, 0.15) is 44.9 Å². The van der Waals surface area contributed by atoms with Crippen molar-refractivity contribution in [3.05, 3.63) is 50.1 Å². The molecule has 1 aromatic carbocycles. The predicted molar refractivity (Wildman–Crippen MR) is 90.9 cm³/mol. The third-order valence-electron chi connectivity index (χ3n) is 4.51. The number of ether oxygens (including phenoxy) is 1. The van der Waals surface area contributed by atoms with Gasteiger partial charge in [-0.1, -0.05) is 5.16 Å². The lowest BCUT2D eigenvalue weighted by molar-refractivity contribution is -0.386. The van der Waals surface area contributed by atoms with Gasteiger partial charge in [0.2, 0.25) is 11.7 Å². The second-order valence-corrected chi connectivity index (χ2v) is 6.40. The molecule has 2 aromatic rings. The predicted octanol–water partition coefficient (Wildman–Crippen LogP) is 2.43. The van der Waals surface area contributed by atoms with Gasteiger partial charge >= 0.3 is 0 Å².